The van der Waals surface area contributed by atoms with Gasteiger partial charge in [0.15, 0.2) is 0 Å². The number of carbonyl (C=O) groups is 2. The van der Waals surface area contributed by atoms with E-state index in [9.17, 15) is 9.59 Å². The summed E-state index contributed by atoms with van der Waals surface area (Å²) in [5, 5.41) is 4.31. The molecule has 2 amide bonds. The van der Waals surface area contributed by atoms with Gasteiger partial charge in [-0.2, -0.15) is 0 Å². The molecule has 0 aliphatic heterocycles. The average molecular weight is 317 g/mol. The van der Waals surface area contributed by atoms with Crippen molar-refractivity contribution in [3.8, 4) is 0 Å². The third kappa shape index (κ3) is 6.75. The van der Waals surface area contributed by atoms with E-state index in [-0.39, 0.29) is 5.88 Å². The number of rotatable bonds is 10. The normalized spacial score (nSPS) is 14.1. The van der Waals surface area contributed by atoms with Gasteiger partial charge in [-0.3, -0.25) is 9.59 Å². The van der Waals surface area contributed by atoms with Crippen LogP contribution < -0.4 is 10.6 Å². The molecule has 0 spiro atoms. The quantitative estimate of drug-likeness (QED) is 0.185. The monoisotopic (exact) mass is 316 g/mol. The summed E-state index contributed by atoms with van der Waals surface area (Å²) >= 11 is 9.78. The number of hydrogen-bond acceptors (Lipinski definition) is 5. The minimum absolute atomic E-state index is 0.0216. The third-order valence-electron chi connectivity index (χ3n) is 1.72. The van der Waals surface area contributed by atoms with Crippen molar-refractivity contribution in [3.05, 3.63) is 0 Å². The summed E-state index contributed by atoms with van der Waals surface area (Å²) in [4.78, 5) is 22.0. The fourth-order valence-corrected chi connectivity index (χ4v) is 2.84. The molecule has 9 heteroatoms. The minimum Gasteiger partial charge on any atom is -0.346 e. The van der Waals surface area contributed by atoms with Gasteiger partial charge in [0.2, 0.25) is 20.7 Å². The molecule has 0 rings (SSSR count). The van der Waals surface area contributed by atoms with Crippen molar-refractivity contribution in [2.45, 2.75) is 25.0 Å². The van der Waals surface area contributed by atoms with Crippen LogP contribution in [0.1, 0.15) is 13.8 Å². The smallest absolute Gasteiger partial charge is 0.245 e. The highest BCUT2D eigenvalue weighted by atomic mass is 35.5. The summed E-state index contributed by atoms with van der Waals surface area (Å²) in [6.45, 7) is 4.58. The number of hydrogen-bond donors (Lipinski definition) is 3. The Kier molecular flexibility index (Phi) is 10.8. The topological polar surface area (TPSA) is 76.7 Å². The van der Waals surface area contributed by atoms with Crippen molar-refractivity contribution in [1.82, 2.24) is 10.6 Å². The van der Waals surface area contributed by atoms with E-state index in [2.05, 4.69) is 23.3 Å². The first kappa shape index (κ1) is 17.9. The molecule has 0 aromatic carbocycles. The van der Waals surface area contributed by atoms with Gasteiger partial charge in [-0.05, 0) is 13.8 Å². The van der Waals surface area contributed by atoms with E-state index in [1.165, 1.54) is 0 Å². The average Bonchev–Trinajstić information content (AvgIpc) is 2.35. The fourth-order valence-electron chi connectivity index (χ4n) is 0.986. The van der Waals surface area contributed by atoms with Crippen molar-refractivity contribution in [3.63, 3.8) is 0 Å². The number of alkyl halides is 1. The van der Waals surface area contributed by atoms with E-state index in [1.807, 2.05) is 13.8 Å². The molecule has 0 heterocycles. The van der Waals surface area contributed by atoms with Gasteiger partial charge in [0, 0.05) is 0 Å². The molecule has 0 radical (unpaired) electrons. The van der Waals surface area contributed by atoms with Crippen LogP contribution in [-0.2, 0) is 18.6 Å². The van der Waals surface area contributed by atoms with E-state index in [0.29, 0.717) is 19.6 Å². The van der Waals surface area contributed by atoms with Crippen molar-refractivity contribution < 1.29 is 18.6 Å². The SMILES string of the molecule is CCOP(OCC)C(S)NC(=O)[C@H](CCl)NC=O. The van der Waals surface area contributed by atoms with Crippen LogP contribution in [0.2, 0.25) is 0 Å². The Morgan fingerprint density at radius 1 is 1.44 bits per heavy atom. The summed E-state index contributed by atoms with van der Waals surface area (Å²) in [7, 11) is -1.32. The lowest BCUT2D eigenvalue weighted by Gasteiger charge is -2.24. The molecule has 2 atom stereocenters. The highest BCUT2D eigenvalue weighted by molar-refractivity contribution is 7.88. The van der Waals surface area contributed by atoms with Crippen molar-refractivity contribution in [2.75, 3.05) is 19.1 Å². The Bertz CT molecular complexity index is 257. The van der Waals surface area contributed by atoms with Gasteiger partial charge < -0.3 is 19.7 Å². The summed E-state index contributed by atoms with van der Waals surface area (Å²) < 4.78 is 10.7. The largest absolute Gasteiger partial charge is 0.346 e. The first-order valence-corrected chi connectivity index (χ1v) is 7.69. The van der Waals surface area contributed by atoms with Gasteiger partial charge in [0.1, 0.15) is 11.2 Å². The van der Waals surface area contributed by atoms with Gasteiger partial charge in [-0.15, -0.1) is 24.2 Å². The predicted molar refractivity (Wildman–Crippen MR) is 74.8 cm³/mol. The molecule has 0 bridgehead atoms. The Morgan fingerprint density at radius 2 is 2.00 bits per heavy atom. The first-order chi connectivity index (χ1) is 8.60. The van der Waals surface area contributed by atoms with E-state index in [0.717, 1.165) is 0 Å². The summed E-state index contributed by atoms with van der Waals surface area (Å²) in [5.74, 6) is -0.448. The molecule has 106 valence electrons. The lowest BCUT2D eigenvalue weighted by atomic mass is 10.3. The first-order valence-electron chi connectivity index (χ1n) is 5.39. The van der Waals surface area contributed by atoms with Crippen LogP contribution in [0.4, 0.5) is 0 Å². The zero-order valence-electron chi connectivity index (χ0n) is 10.3. The number of carbonyl (C=O) groups excluding carboxylic acids is 2. The van der Waals surface area contributed by atoms with E-state index in [1.54, 1.807) is 0 Å². The second-order valence-corrected chi connectivity index (χ2v) is 5.83. The van der Waals surface area contributed by atoms with E-state index < -0.39 is 25.4 Å². The fraction of sp³-hybridized carbons (Fsp3) is 0.778. The van der Waals surface area contributed by atoms with Crippen LogP contribution in [0.15, 0.2) is 0 Å². The zero-order valence-corrected chi connectivity index (χ0v) is 12.8. The molecular weight excluding hydrogens is 299 g/mol. The lowest BCUT2D eigenvalue weighted by molar-refractivity contribution is -0.124. The second-order valence-electron chi connectivity index (χ2n) is 2.99. The highest BCUT2D eigenvalue weighted by Crippen LogP contribution is 2.44. The maximum atomic E-state index is 11.7. The van der Waals surface area contributed by atoms with Gasteiger partial charge in [0.25, 0.3) is 0 Å². The maximum absolute atomic E-state index is 11.7. The summed E-state index contributed by atoms with van der Waals surface area (Å²) in [6.07, 6.45) is 0.425. The number of nitrogens with one attached hydrogen (secondary N) is 2. The van der Waals surface area contributed by atoms with E-state index >= 15 is 0 Å². The molecule has 1 unspecified atom stereocenters. The van der Waals surface area contributed by atoms with Gasteiger partial charge in [0.05, 0.1) is 19.1 Å². The van der Waals surface area contributed by atoms with Crippen LogP contribution in [0.5, 0.6) is 0 Å². The van der Waals surface area contributed by atoms with Gasteiger partial charge in [-0.25, -0.2) is 0 Å². The molecule has 0 saturated heterocycles. The molecule has 18 heavy (non-hydrogen) atoms. The molecule has 0 saturated carbocycles. The van der Waals surface area contributed by atoms with Gasteiger partial charge in [-0.1, -0.05) is 0 Å². The van der Waals surface area contributed by atoms with Crippen LogP contribution in [0.3, 0.4) is 0 Å². The molecular formula is C9H18ClN2O4PS. The Balaban J connectivity index is 4.35. The second kappa shape index (κ2) is 10.8. The Hall–Kier alpha value is -0.0700. The molecule has 2 N–H and O–H groups in total. The number of thiol groups is 1. The standard InChI is InChI=1S/C9H18ClN2O4PS/c1-3-15-17(16-4-2)9(18)12-8(14)7(5-10)11-6-13/h6-7,9,18H,3-5H2,1-2H3,(H,11,13)(H,12,14)/t7-,9?/m0/s1. The Labute approximate surface area is 118 Å². The maximum Gasteiger partial charge on any atom is 0.245 e. The number of halogens is 1. The van der Waals surface area contributed by atoms with Crippen LogP contribution in [0, 0.1) is 0 Å². The Morgan fingerprint density at radius 3 is 2.39 bits per heavy atom. The summed E-state index contributed by atoms with van der Waals surface area (Å²) in [6, 6.07) is -0.793. The van der Waals surface area contributed by atoms with Crippen LogP contribution in [0.25, 0.3) is 0 Å². The van der Waals surface area contributed by atoms with Crippen molar-refractivity contribution in [2.24, 2.45) is 0 Å². The van der Waals surface area contributed by atoms with E-state index in [4.69, 9.17) is 20.6 Å². The zero-order chi connectivity index (χ0) is 14.0. The highest BCUT2D eigenvalue weighted by Gasteiger charge is 2.25. The third-order valence-corrected chi connectivity index (χ3v) is 4.28. The molecule has 0 aliphatic rings. The van der Waals surface area contributed by atoms with Crippen LogP contribution >= 0.6 is 32.6 Å². The van der Waals surface area contributed by atoms with Crippen molar-refractivity contribution >= 4 is 44.9 Å². The molecule has 0 fully saturated rings. The predicted octanol–water partition coefficient (Wildman–Crippen LogP) is 1.05. The van der Waals surface area contributed by atoms with Gasteiger partial charge >= 0.3 is 0 Å². The minimum atomic E-state index is -1.32. The molecule has 0 aliphatic carbocycles. The number of amides is 2. The molecule has 6 nitrogen and oxygen atoms in total. The summed E-state index contributed by atoms with van der Waals surface area (Å²) in [5.41, 5.74) is 0. The lowest BCUT2D eigenvalue weighted by Crippen LogP contribution is -2.47. The van der Waals surface area contributed by atoms with Crippen LogP contribution in [-0.4, -0.2) is 42.6 Å². The molecule has 0 aromatic rings. The van der Waals surface area contributed by atoms with Crippen molar-refractivity contribution in [1.29, 1.82) is 0 Å². The molecule has 0 aromatic heterocycles.